The summed E-state index contributed by atoms with van der Waals surface area (Å²) in [6, 6.07) is -1.08. The number of aliphatic hydroxyl groups excluding tert-OH is 1. The van der Waals surface area contributed by atoms with E-state index < -0.39 is 59.5 Å². The summed E-state index contributed by atoms with van der Waals surface area (Å²) in [5, 5.41) is 26.9. The van der Waals surface area contributed by atoms with Gasteiger partial charge in [-0.25, -0.2) is 9.59 Å². The van der Waals surface area contributed by atoms with Gasteiger partial charge in [0.2, 0.25) is 0 Å². The summed E-state index contributed by atoms with van der Waals surface area (Å²) in [6.07, 6.45) is -4.08. The second-order valence-corrected chi connectivity index (χ2v) is 9.37. The lowest BCUT2D eigenvalue weighted by atomic mass is 9.82. The van der Waals surface area contributed by atoms with Crippen LogP contribution < -0.4 is 5.32 Å². The van der Waals surface area contributed by atoms with Crippen LogP contribution in [0.2, 0.25) is 0 Å². The lowest BCUT2D eigenvalue weighted by molar-refractivity contribution is -0.228. The molecular weight excluding hydrogens is 424 g/mol. The molecule has 0 aromatic heterocycles. The first kappa shape index (κ1) is 25.9. The van der Waals surface area contributed by atoms with Gasteiger partial charge in [0.05, 0.1) is 24.8 Å². The third-order valence-corrected chi connectivity index (χ3v) is 5.09. The Morgan fingerprint density at radius 1 is 1.31 bits per heavy atom. The molecule has 3 N–H and O–H groups in total. The maximum absolute atomic E-state index is 12.5. The zero-order valence-electron chi connectivity index (χ0n) is 19.0. The summed E-state index contributed by atoms with van der Waals surface area (Å²) >= 11 is 0. The van der Waals surface area contributed by atoms with E-state index in [1.54, 1.807) is 34.6 Å². The Kier molecular flexibility index (Phi) is 7.79. The number of nitrogens with one attached hydrogen (secondary N) is 1. The number of nitrogens with zero attached hydrogens (tertiary/aromatic N) is 3. The van der Waals surface area contributed by atoms with Crippen molar-refractivity contribution in [1.82, 2.24) is 5.32 Å². The molecule has 0 aromatic rings. The molecule has 0 saturated carbocycles. The van der Waals surface area contributed by atoms with Gasteiger partial charge in [-0.2, -0.15) is 0 Å². The largest absolute Gasteiger partial charge is 0.479 e. The molecule has 2 heterocycles. The number of rotatable bonds is 7. The lowest BCUT2D eigenvalue weighted by Gasteiger charge is -2.47. The summed E-state index contributed by atoms with van der Waals surface area (Å²) in [5.74, 6) is -2.39. The number of hydrogen-bond donors (Lipinski definition) is 3. The van der Waals surface area contributed by atoms with Crippen molar-refractivity contribution < 1.29 is 38.7 Å². The molecule has 2 rings (SSSR count). The number of aliphatic hydroxyl groups is 1. The topological polar surface area (TPSA) is 172 Å². The van der Waals surface area contributed by atoms with Gasteiger partial charge in [0, 0.05) is 17.8 Å². The van der Waals surface area contributed by atoms with Gasteiger partial charge in [0.25, 0.3) is 0 Å². The molecule has 0 spiro atoms. The van der Waals surface area contributed by atoms with Gasteiger partial charge in [-0.05, 0) is 40.1 Å². The molecule has 180 valence electrons. The maximum atomic E-state index is 12.5. The van der Waals surface area contributed by atoms with Gasteiger partial charge in [0.15, 0.2) is 11.4 Å². The number of ether oxygens (including phenoxy) is 4. The Labute approximate surface area is 186 Å². The second-order valence-electron chi connectivity index (χ2n) is 9.37. The van der Waals surface area contributed by atoms with Crippen LogP contribution in [0.25, 0.3) is 10.4 Å². The number of carboxylic acid groups (broad SMARTS) is 1. The van der Waals surface area contributed by atoms with E-state index in [0.717, 1.165) is 0 Å². The van der Waals surface area contributed by atoms with E-state index in [2.05, 4.69) is 21.9 Å². The van der Waals surface area contributed by atoms with Crippen LogP contribution in [-0.2, 0) is 23.7 Å². The Bertz CT molecular complexity index is 776. The summed E-state index contributed by atoms with van der Waals surface area (Å²) in [6.45, 7) is 11.8. The normalized spacial score (nSPS) is 34.2. The number of carboxylic acids is 1. The van der Waals surface area contributed by atoms with E-state index in [1.165, 1.54) is 6.08 Å². The zero-order chi connectivity index (χ0) is 24.3. The average Bonchev–Trinajstić information content (AvgIpc) is 2.95. The predicted octanol–water partition coefficient (Wildman–Crippen LogP) is 2.26. The molecule has 0 aromatic carbocycles. The maximum Gasteiger partial charge on any atom is 0.408 e. The summed E-state index contributed by atoms with van der Waals surface area (Å²) < 4.78 is 23.1. The van der Waals surface area contributed by atoms with Crippen LogP contribution in [0, 0.1) is 0 Å². The molecule has 12 nitrogen and oxygen atoms in total. The quantitative estimate of drug-likeness (QED) is 0.226. The third-order valence-electron chi connectivity index (χ3n) is 5.09. The second kappa shape index (κ2) is 9.63. The molecule has 0 unspecified atom stereocenters. The molecule has 0 aliphatic carbocycles. The van der Waals surface area contributed by atoms with Crippen molar-refractivity contribution in [3.05, 3.63) is 23.1 Å². The molecule has 12 heteroatoms. The molecular formula is C20H32N4O8. The number of hydrogen-bond acceptors (Lipinski definition) is 8. The molecule has 6 atom stereocenters. The van der Waals surface area contributed by atoms with Crippen LogP contribution in [-0.4, -0.2) is 76.3 Å². The Morgan fingerprint density at radius 2 is 1.97 bits per heavy atom. The van der Waals surface area contributed by atoms with E-state index in [-0.39, 0.29) is 19.4 Å². The van der Waals surface area contributed by atoms with Crippen LogP contribution in [0.15, 0.2) is 17.8 Å². The first-order chi connectivity index (χ1) is 14.7. The molecule has 0 radical (unpaired) electrons. The molecule has 0 bridgehead atoms. The van der Waals surface area contributed by atoms with Crippen molar-refractivity contribution in [3.63, 3.8) is 0 Å². The van der Waals surface area contributed by atoms with E-state index >= 15 is 0 Å². The highest BCUT2D eigenvalue weighted by atomic mass is 16.8. The Hall–Kier alpha value is -2.37. The number of amides is 1. The SMILES string of the molecule is C=CC[C@]1(C(=O)O)C[C@H](O)[C@@H](NC(=O)OC(C)(C)C)[C@H]([C@H]2OC(C)(C)O[C@H]2CN=[N+]=[N-])O1. The smallest absolute Gasteiger partial charge is 0.408 e. The highest BCUT2D eigenvalue weighted by Crippen LogP contribution is 2.40. The summed E-state index contributed by atoms with van der Waals surface area (Å²) in [5.41, 5.74) is 6.14. The van der Waals surface area contributed by atoms with Crippen LogP contribution in [0.5, 0.6) is 0 Å². The van der Waals surface area contributed by atoms with E-state index in [4.69, 9.17) is 24.5 Å². The number of carbonyl (C=O) groups excluding carboxylic acids is 1. The van der Waals surface area contributed by atoms with Gasteiger partial charge in [-0.3, -0.25) is 0 Å². The minimum atomic E-state index is -1.79. The van der Waals surface area contributed by atoms with E-state index in [9.17, 15) is 19.8 Å². The van der Waals surface area contributed by atoms with Crippen LogP contribution in [0.3, 0.4) is 0 Å². The minimum Gasteiger partial charge on any atom is -0.479 e. The standard InChI is InChI=1S/C20H32N4O8/c1-7-8-20(16(26)27)9-11(25)13(23-17(28)32-18(2,3)4)15(31-20)14-12(10-22-24-21)29-19(5,6)30-14/h7,11-15,25H,1,8-10H2,2-6H3,(H,23,28)(H,26,27)/t11-,12-,13+,14-,15+,20+/m0/s1. The van der Waals surface area contributed by atoms with Crippen LogP contribution >= 0.6 is 0 Å². The van der Waals surface area contributed by atoms with Crippen molar-refractivity contribution in [2.24, 2.45) is 5.11 Å². The van der Waals surface area contributed by atoms with Crippen molar-refractivity contribution in [3.8, 4) is 0 Å². The van der Waals surface area contributed by atoms with Gasteiger partial charge < -0.3 is 34.5 Å². The number of aliphatic carboxylic acids is 1. The highest BCUT2D eigenvalue weighted by Gasteiger charge is 2.57. The Balaban J connectivity index is 2.44. The van der Waals surface area contributed by atoms with Crippen LogP contribution in [0.1, 0.15) is 47.5 Å². The molecule has 2 fully saturated rings. The lowest BCUT2D eigenvalue weighted by Crippen LogP contribution is -2.67. The first-order valence-electron chi connectivity index (χ1n) is 10.3. The average molecular weight is 456 g/mol. The highest BCUT2D eigenvalue weighted by molar-refractivity contribution is 5.78. The predicted molar refractivity (Wildman–Crippen MR) is 112 cm³/mol. The van der Waals surface area contributed by atoms with Gasteiger partial charge in [-0.15, -0.1) is 6.58 Å². The fourth-order valence-electron chi connectivity index (χ4n) is 3.95. The van der Waals surface area contributed by atoms with Gasteiger partial charge in [-0.1, -0.05) is 11.2 Å². The molecule has 2 aliphatic heterocycles. The summed E-state index contributed by atoms with van der Waals surface area (Å²) in [7, 11) is 0. The van der Waals surface area contributed by atoms with Crippen molar-refractivity contribution in [2.75, 3.05) is 6.54 Å². The number of azide groups is 1. The molecule has 1 amide bonds. The van der Waals surface area contributed by atoms with Gasteiger partial charge >= 0.3 is 12.1 Å². The fraction of sp³-hybridized carbons (Fsp3) is 0.800. The molecule has 2 saturated heterocycles. The van der Waals surface area contributed by atoms with Gasteiger partial charge in [0.1, 0.15) is 17.8 Å². The zero-order valence-corrected chi connectivity index (χ0v) is 19.0. The number of alkyl carbamates (subject to hydrolysis) is 1. The monoisotopic (exact) mass is 456 g/mol. The van der Waals surface area contributed by atoms with Crippen molar-refractivity contribution in [1.29, 1.82) is 0 Å². The first-order valence-corrected chi connectivity index (χ1v) is 10.3. The summed E-state index contributed by atoms with van der Waals surface area (Å²) in [4.78, 5) is 27.3. The molecule has 2 aliphatic rings. The minimum absolute atomic E-state index is 0.0902. The van der Waals surface area contributed by atoms with Crippen molar-refractivity contribution in [2.45, 2.75) is 94.9 Å². The third kappa shape index (κ3) is 6.11. The number of carbonyl (C=O) groups is 2. The van der Waals surface area contributed by atoms with Crippen LogP contribution in [0.4, 0.5) is 4.79 Å². The van der Waals surface area contributed by atoms with Crippen molar-refractivity contribution >= 4 is 12.1 Å². The van der Waals surface area contributed by atoms with E-state index in [0.29, 0.717) is 0 Å². The van der Waals surface area contributed by atoms with E-state index in [1.807, 2.05) is 0 Å². The fourth-order valence-corrected chi connectivity index (χ4v) is 3.95. The Morgan fingerprint density at radius 3 is 2.50 bits per heavy atom. The molecule has 32 heavy (non-hydrogen) atoms.